The molecule has 220 valence electrons. The zero-order valence-corrected chi connectivity index (χ0v) is 28.4. The monoisotopic (exact) mass is 628 g/mol. The van der Waals surface area contributed by atoms with E-state index in [1.54, 1.807) is 24.3 Å². The number of hydrogen-bond acceptors (Lipinski definition) is 7. The molecule has 0 amide bonds. The van der Waals surface area contributed by atoms with Gasteiger partial charge in [-0.2, -0.15) is 0 Å². The van der Waals surface area contributed by atoms with Crippen molar-refractivity contribution in [3.8, 4) is 0 Å². The van der Waals surface area contributed by atoms with Crippen molar-refractivity contribution in [2.75, 3.05) is 24.5 Å². The van der Waals surface area contributed by atoms with Gasteiger partial charge in [-0.1, -0.05) is 42.5 Å². The second-order valence-electron chi connectivity index (χ2n) is 9.71. The van der Waals surface area contributed by atoms with Gasteiger partial charge in [0.15, 0.2) is 12.3 Å². The number of hydrogen-bond donors (Lipinski definition) is 0. The molecule has 4 rings (SSSR count). The van der Waals surface area contributed by atoms with Crippen LogP contribution in [0.2, 0.25) is 0 Å². The standard InChI is InChI=1S/C32H34N2O6S2.Na/c1-4-33(5-2)27-18-14-25(15-19-27)32(30-12-7-8-13-31(30)42(38,39)40)26-16-20-28(21-17-26)34(6-3)23-24-10-9-11-29(22-24)41(35,36)37;/h7-22H,4-6,23H2,1-3H3,(H-,35,36,37,38,39,40);/q;+1/p-1. The Kier molecular flexibility index (Phi) is 11.9. The van der Waals surface area contributed by atoms with Crippen LogP contribution in [0, 0.1) is 0 Å². The van der Waals surface area contributed by atoms with Crippen LogP contribution in [0.5, 0.6) is 0 Å². The summed E-state index contributed by atoms with van der Waals surface area (Å²) in [6.45, 7) is 8.79. The number of benzene rings is 3. The normalized spacial score (nSPS) is 13.0. The molecule has 0 atom stereocenters. The van der Waals surface area contributed by atoms with Gasteiger partial charge >= 0.3 is 29.6 Å². The van der Waals surface area contributed by atoms with E-state index in [0.29, 0.717) is 29.8 Å². The molecule has 0 saturated heterocycles. The van der Waals surface area contributed by atoms with Crippen LogP contribution in [0.1, 0.15) is 37.5 Å². The maximum atomic E-state index is 12.2. The maximum Gasteiger partial charge on any atom is 1.00 e. The molecule has 11 heteroatoms. The molecule has 3 aromatic carbocycles. The van der Waals surface area contributed by atoms with Crippen molar-refractivity contribution in [2.24, 2.45) is 0 Å². The number of anilines is 1. The van der Waals surface area contributed by atoms with Crippen molar-refractivity contribution in [3.63, 3.8) is 0 Å². The van der Waals surface area contributed by atoms with Crippen molar-refractivity contribution in [3.05, 3.63) is 119 Å². The van der Waals surface area contributed by atoms with E-state index >= 15 is 0 Å². The van der Waals surface area contributed by atoms with E-state index in [1.165, 1.54) is 24.3 Å². The fraction of sp³-hybridized carbons (Fsp3) is 0.219. The summed E-state index contributed by atoms with van der Waals surface area (Å²) in [5.41, 5.74) is 4.97. The molecule has 0 bridgehead atoms. The van der Waals surface area contributed by atoms with E-state index in [2.05, 4.69) is 18.7 Å². The van der Waals surface area contributed by atoms with E-state index in [0.717, 1.165) is 35.6 Å². The third-order valence-corrected chi connectivity index (χ3v) is 8.90. The first-order valence-electron chi connectivity index (χ1n) is 13.6. The van der Waals surface area contributed by atoms with Gasteiger partial charge in [-0.15, -0.1) is 0 Å². The molecule has 1 aliphatic carbocycles. The van der Waals surface area contributed by atoms with Gasteiger partial charge < -0.3 is 14.0 Å². The molecule has 0 N–H and O–H groups in total. The molecule has 0 saturated carbocycles. The first-order chi connectivity index (χ1) is 20.0. The number of nitrogens with zero attached hydrogens (tertiary/aromatic N) is 2. The van der Waals surface area contributed by atoms with Crippen molar-refractivity contribution in [2.45, 2.75) is 37.1 Å². The minimum absolute atomic E-state index is 0. The van der Waals surface area contributed by atoms with E-state index < -0.39 is 20.2 Å². The van der Waals surface area contributed by atoms with Gasteiger partial charge in [-0.05, 0) is 80.0 Å². The average Bonchev–Trinajstić information content (AvgIpc) is 2.97. The van der Waals surface area contributed by atoms with Crippen molar-refractivity contribution < 1.29 is 60.1 Å². The van der Waals surface area contributed by atoms with Crippen LogP contribution in [0.3, 0.4) is 0 Å². The molecule has 0 unspecified atom stereocenters. The topological polar surface area (TPSA) is 121 Å². The average molecular weight is 629 g/mol. The molecule has 0 aromatic heterocycles. The minimum atomic E-state index is -4.75. The molecule has 8 nitrogen and oxygen atoms in total. The quantitative estimate of drug-likeness (QED) is 0.191. The van der Waals surface area contributed by atoms with E-state index in [1.807, 2.05) is 60.1 Å². The van der Waals surface area contributed by atoms with E-state index in [9.17, 15) is 25.9 Å². The SMILES string of the molecule is CCN(CC)c1ccc(C(=C2C=CC(=[N+](CC)Cc3cccc(S(=O)(=O)[O-])c3)C=C2)c2ccccc2S(=O)(=O)[O-])cc1.[Na+]. The molecule has 43 heavy (non-hydrogen) atoms. The molecule has 0 spiro atoms. The Hall–Kier alpha value is -2.83. The predicted molar refractivity (Wildman–Crippen MR) is 163 cm³/mol. The smallest absolute Gasteiger partial charge is 0.744 e. The summed E-state index contributed by atoms with van der Waals surface area (Å²) in [5, 5.41) is 0. The summed E-state index contributed by atoms with van der Waals surface area (Å²) < 4.78 is 73.2. The van der Waals surface area contributed by atoms with Crippen LogP contribution in [0.4, 0.5) is 5.69 Å². The molecule has 3 aromatic rings. The number of rotatable bonds is 10. The van der Waals surface area contributed by atoms with Gasteiger partial charge in [0.25, 0.3) is 0 Å². The fourth-order valence-electron chi connectivity index (χ4n) is 5.04. The van der Waals surface area contributed by atoms with Gasteiger partial charge in [-0.25, -0.2) is 21.4 Å². The first-order valence-corrected chi connectivity index (χ1v) is 16.5. The van der Waals surface area contributed by atoms with Crippen LogP contribution < -0.4 is 34.5 Å². The molecular weight excluding hydrogens is 595 g/mol. The van der Waals surface area contributed by atoms with Crippen molar-refractivity contribution >= 4 is 37.2 Å². The van der Waals surface area contributed by atoms with Crippen molar-refractivity contribution in [1.82, 2.24) is 0 Å². The third kappa shape index (κ3) is 8.42. The maximum absolute atomic E-state index is 12.2. The Balaban J connectivity index is 0.00000506. The van der Waals surface area contributed by atoms with Gasteiger partial charge in [0, 0.05) is 42.1 Å². The first kappa shape index (κ1) is 34.7. The Morgan fingerprint density at radius 2 is 1.40 bits per heavy atom. The Morgan fingerprint density at radius 3 is 1.95 bits per heavy atom. The van der Waals surface area contributed by atoms with E-state index in [4.69, 9.17) is 0 Å². The molecule has 1 aliphatic rings. The zero-order valence-electron chi connectivity index (χ0n) is 24.7. The summed E-state index contributed by atoms with van der Waals surface area (Å²) in [7, 11) is -9.31. The molecule has 0 aliphatic heterocycles. The van der Waals surface area contributed by atoms with Crippen LogP contribution in [0.25, 0.3) is 5.57 Å². The summed E-state index contributed by atoms with van der Waals surface area (Å²) in [4.78, 5) is 1.64. The number of allylic oxidation sites excluding steroid dienone is 5. The Labute approximate surface area is 276 Å². The Bertz CT molecular complexity index is 1790. The van der Waals surface area contributed by atoms with Gasteiger partial charge in [0.1, 0.15) is 26.8 Å². The van der Waals surface area contributed by atoms with Gasteiger partial charge in [0.2, 0.25) is 0 Å². The van der Waals surface area contributed by atoms with E-state index in [-0.39, 0.29) is 39.3 Å². The molecule has 0 fully saturated rings. The molecule has 0 radical (unpaired) electrons. The summed E-state index contributed by atoms with van der Waals surface area (Å²) >= 11 is 0. The second-order valence-corrected chi connectivity index (χ2v) is 12.4. The predicted octanol–water partition coefficient (Wildman–Crippen LogP) is 1.95. The minimum Gasteiger partial charge on any atom is -0.744 e. The van der Waals surface area contributed by atoms with Crippen LogP contribution in [0.15, 0.2) is 112 Å². The summed E-state index contributed by atoms with van der Waals surface area (Å²) in [6, 6.07) is 20.0. The van der Waals surface area contributed by atoms with Crippen LogP contribution >= 0.6 is 0 Å². The fourth-order valence-corrected chi connectivity index (χ4v) is 6.27. The van der Waals surface area contributed by atoms with Gasteiger partial charge in [0.05, 0.1) is 9.79 Å². The third-order valence-electron chi connectivity index (χ3n) is 7.17. The summed E-state index contributed by atoms with van der Waals surface area (Å²) in [5.74, 6) is 0. The second kappa shape index (κ2) is 14.8. The molecule has 0 heterocycles. The van der Waals surface area contributed by atoms with Crippen molar-refractivity contribution in [1.29, 1.82) is 0 Å². The largest absolute Gasteiger partial charge is 1.00 e. The van der Waals surface area contributed by atoms with Crippen LogP contribution in [-0.2, 0) is 26.8 Å². The molecular formula is C32H33N2NaO6S2. The van der Waals surface area contributed by atoms with Gasteiger partial charge in [-0.3, -0.25) is 0 Å². The Morgan fingerprint density at radius 1 is 0.767 bits per heavy atom. The zero-order chi connectivity index (χ0) is 30.5. The summed E-state index contributed by atoms with van der Waals surface area (Å²) in [6.07, 6.45) is 7.54. The van der Waals surface area contributed by atoms with Crippen LogP contribution in [-0.4, -0.2) is 55.9 Å².